The fourth-order valence-corrected chi connectivity index (χ4v) is 5.50. The van der Waals surface area contributed by atoms with E-state index < -0.39 is 5.97 Å². The number of ether oxygens (including phenoxy) is 1. The fourth-order valence-electron chi connectivity index (χ4n) is 3.19. The number of rotatable bonds is 6. The summed E-state index contributed by atoms with van der Waals surface area (Å²) in [6.45, 7) is 0. The summed E-state index contributed by atoms with van der Waals surface area (Å²) in [5.74, 6) is 0.664. The number of anilines is 1. The molecule has 11 heteroatoms. The van der Waals surface area contributed by atoms with Crippen molar-refractivity contribution in [3.63, 3.8) is 0 Å². The normalized spacial score (nSPS) is 12.8. The van der Waals surface area contributed by atoms with Crippen LogP contribution in [0.25, 0.3) is 11.6 Å². The molecule has 0 saturated heterocycles. The second kappa shape index (κ2) is 8.33. The molecule has 1 aliphatic rings. The van der Waals surface area contributed by atoms with Crippen molar-refractivity contribution in [3.8, 4) is 11.6 Å². The lowest BCUT2D eigenvalue weighted by Crippen LogP contribution is -2.16. The van der Waals surface area contributed by atoms with Gasteiger partial charge in [0, 0.05) is 11.9 Å². The Morgan fingerprint density at radius 3 is 2.93 bits per heavy atom. The van der Waals surface area contributed by atoms with E-state index in [4.69, 9.17) is 9.15 Å². The smallest absolute Gasteiger partial charge is 0.341 e. The van der Waals surface area contributed by atoms with Crippen molar-refractivity contribution >= 4 is 55.9 Å². The minimum absolute atomic E-state index is 0.136. The van der Waals surface area contributed by atoms with Crippen LogP contribution in [-0.2, 0) is 29.4 Å². The van der Waals surface area contributed by atoms with Gasteiger partial charge in [0.2, 0.25) is 5.91 Å². The first kappa shape index (κ1) is 20.2. The van der Waals surface area contributed by atoms with E-state index >= 15 is 0 Å². The van der Waals surface area contributed by atoms with Crippen molar-refractivity contribution in [1.29, 1.82) is 0 Å². The SMILES string of the molecule is COC(=O)c1c(NC(=O)CSc2nnc(-c3ccc(Br)o3)n2C)sc2c1CCC2. The number of thioether (sulfide) groups is 1. The molecular formula is C18H17BrN4O4S2. The van der Waals surface area contributed by atoms with E-state index in [9.17, 15) is 9.59 Å². The number of hydrogen-bond donors (Lipinski definition) is 1. The lowest BCUT2D eigenvalue weighted by molar-refractivity contribution is -0.113. The monoisotopic (exact) mass is 496 g/mol. The molecule has 152 valence electrons. The Morgan fingerprint density at radius 2 is 2.21 bits per heavy atom. The Labute approximate surface area is 183 Å². The van der Waals surface area contributed by atoms with Crippen molar-refractivity contribution in [3.05, 3.63) is 32.8 Å². The van der Waals surface area contributed by atoms with Gasteiger partial charge >= 0.3 is 5.97 Å². The van der Waals surface area contributed by atoms with Crippen LogP contribution < -0.4 is 5.32 Å². The molecule has 1 amide bonds. The largest absolute Gasteiger partial charge is 0.465 e. The molecule has 3 aromatic rings. The molecule has 1 aliphatic carbocycles. The maximum atomic E-state index is 12.5. The zero-order valence-electron chi connectivity index (χ0n) is 15.7. The molecule has 3 aromatic heterocycles. The molecule has 4 rings (SSSR count). The van der Waals surface area contributed by atoms with E-state index in [1.165, 1.54) is 30.2 Å². The molecule has 1 N–H and O–H groups in total. The van der Waals surface area contributed by atoms with Crippen molar-refractivity contribution in [1.82, 2.24) is 14.8 Å². The molecule has 0 atom stereocenters. The van der Waals surface area contributed by atoms with Gasteiger partial charge in [-0.1, -0.05) is 11.8 Å². The lowest BCUT2D eigenvalue weighted by atomic mass is 10.1. The van der Waals surface area contributed by atoms with Gasteiger partial charge in [-0.3, -0.25) is 4.79 Å². The summed E-state index contributed by atoms with van der Waals surface area (Å²) in [5.41, 5.74) is 1.50. The molecule has 0 unspecified atom stereocenters. The number of nitrogens with zero attached hydrogens (tertiary/aromatic N) is 3. The van der Waals surface area contributed by atoms with Gasteiger partial charge in [-0.25, -0.2) is 4.79 Å². The number of amides is 1. The summed E-state index contributed by atoms with van der Waals surface area (Å²) in [5, 5.41) is 12.3. The number of aryl methyl sites for hydroxylation is 1. The highest BCUT2D eigenvalue weighted by atomic mass is 79.9. The number of esters is 1. The van der Waals surface area contributed by atoms with E-state index in [1.54, 1.807) is 16.7 Å². The predicted octanol–water partition coefficient (Wildman–Crippen LogP) is 3.91. The number of halogens is 1. The molecule has 0 aromatic carbocycles. The number of hydrogen-bond acceptors (Lipinski definition) is 8. The summed E-state index contributed by atoms with van der Waals surface area (Å²) in [6.07, 6.45) is 2.79. The third kappa shape index (κ3) is 3.99. The van der Waals surface area contributed by atoms with Crippen LogP contribution in [0.5, 0.6) is 0 Å². The lowest BCUT2D eigenvalue weighted by Gasteiger charge is -2.07. The van der Waals surface area contributed by atoms with Gasteiger partial charge in [-0.15, -0.1) is 21.5 Å². The van der Waals surface area contributed by atoms with Gasteiger partial charge in [0.25, 0.3) is 0 Å². The topological polar surface area (TPSA) is 99.2 Å². The second-order valence-electron chi connectivity index (χ2n) is 6.36. The zero-order valence-corrected chi connectivity index (χ0v) is 18.9. The van der Waals surface area contributed by atoms with Gasteiger partial charge in [0.15, 0.2) is 21.4 Å². The molecule has 0 spiro atoms. The van der Waals surface area contributed by atoms with Crippen molar-refractivity contribution in [2.24, 2.45) is 7.05 Å². The first-order valence-electron chi connectivity index (χ1n) is 8.78. The summed E-state index contributed by atoms with van der Waals surface area (Å²) < 4.78 is 12.8. The first-order chi connectivity index (χ1) is 14.0. The summed E-state index contributed by atoms with van der Waals surface area (Å²) in [6, 6.07) is 3.57. The molecule has 0 radical (unpaired) electrons. The Kier molecular flexibility index (Phi) is 5.79. The minimum atomic E-state index is -0.407. The van der Waals surface area contributed by atoms with E-state index in [0.29, 0.717) is 32.0 Å². The van der Waals surface area contributed by atoms with E-state index in [0.717, 1.165) is 29.7 Å². The molecule has 0 saturated carbocycles. The van der Waals surface area contributed by atoms with Gasteiger partial charge < -0.3 is 19.0 Å². The van der Waals surface area contributed by atoms with Crippen LogP contribution in [0.4, 0.5) is 5.00 Å². The van der Waals surface area contributed by atoms with Crippen LogP contribution >= 0.6 is 39.0 Å². The van der Waals surface area contributed by atoms with Crippen LogP contribution in [0.1, 0.15) is 27.2 Å². The molecule has 29 heavy (non-hydrogen) atoms. The minimum Gasteiger partial charge on any atom is -0.465 e. The van der Waals surface area contributed by atoms with E-state index in [1.807, 2.05) is 7.05 Å². The van der Waals surface area contributed by atoms with Crippen LogP contribution in [-0.4, -0.2) is 39.5 Å². The molecule has 8 nitrogen and oxygen atoms in total. The third-order valence-corrected chi connectivity index (χ3v) is 7.18. The van der Waals surface area contributed by atoms with Gasteiger partial charge in [0.05, 0.1) is 18.4 Å². The Hall–Kier alpha value is -2.11. The van der Waals surface area contributed by atoms with Crippen molar-refractivity contribution in [2.45, 2.75) is 24.4 Å². The summed E-state index contributed by atoms with van der Waals surface area (Å²) in [7, 11) is 3.16. The first-order valence-corrected chi connectivity index (χ1v) is 11.4. The molecule has 0 fully saturated rings. The number of furan rings is 1. The van der Waals surface area contributed by atoms with Crippen molar-refractivity contribution < 1.29 is 18.7 Å². The second-order valence-corrected chi connectivity index (χ2v) is 9.19. The molecule has 0 bridgehead atoms. The standard InChI is InChI=1S/C18H17BrN4O4S2/c1-23-15(10-6-7-12(19)27-10)21-22-18(23)28-8-13(24)20-16-14(17(25)26-2)9-4-3-5-11(9)29-16/h6-7H,3-5,8H2,1-2H3,(H,20,24). The van der Waals surface area contributed by atoms with E-state index in [-0.39, 0.29) is 11.7 Å². The Bertz CT molecular complexity index is 1090. The number of methoxy groups -OCH3 is 1. The average molecular weight is 497 g/mol. The van der Waals surface area contributed by atoms with Crippen LogP contribution in [0, 0.1) is 0 Å². The van der Waals surface area contributed by atoms with Crippen LogP contribution in [0.3, 0.4) is 0 Å². The van der Waals surface area contributed by atoms with Crippen molar-refractivity contribution in [2.75, 3.05) is 18.2 Å². The molecule has 3 heterocycles. The molecular weight excluding hydrogens is 480 g/mol. The number of carbonyl (C=O) groups excluding carboxylic acids is 2. The third-order valence-electron chi connectivity index (χ3n) is 4.52. The summed E-state index contributed by atoms with van der Waals surface area (Å²) in [4.78, 5) is 25.9. The maximum absolute atomic E-state index is 12.5. The Balaban J connectivity index is 1.44. The maximum Gasteiger partial charge on any atom is 0.341 e. The van der Waals surface area contributed by atoms with Gasteiger partial charge in [0.1, 0.15) is 5.00 Å². The average Bonchev–Trinajstić information content (AvgIpc) is 3.44. The molecule has 0 aliphatic heterocycles. The van der Waals surface area contributed by atoms with Gasteiger partial charge in [-0.05, 0) is 52.9 Å². The zero-order chi connectivity index (χ0) is 20.5. The summed E-state index contributed by atoms with van der Waals surface area (Å²) >= 11 is 5.98. The van der Waals surface area contributed by atoms with Crippen LogP contribution in [0.15, 0.2) is 26.4 Å². The quantitative estimate of drug-likeness (QED) is 0.407. The van der Waals surface area contributed by atoms with Gasteiger partial charge in [-0.2, -0.15) is 0 Å². The number of aromatic nitrogens is 3. The number of thiophene rings is 1. The van der Waals surface area contributed by atoms with Crippen LogP contribution in [0.2, 0.25) is 0 Å². The number of nitrogens with one attached hydrogen (secondary N) is 1. The highest BCUT2D eigenvalue weighted by molar-refractivity contribution is 9.10. The highest BCUT2D eigenvalue weighted by Gasteiger charge is 2.28. The predicted molar refractivity (Wildman–Crippen MR) is 113 cm³/mol. The highest BCUT2D eigenvalue weighted by Crippen LogP contribution is 2.39. The Morgan fingerprint density at radius 1 is 1.38 bits per heavy atom. The van der Waals surface area contributed by atoms with E-state index in [2.05, 4.69) is 31.4 Å². The number of fused-ring (bicyclic) bond motifs is 1. The number of carbonyl (C=O) groups is 2. The fraction of sp³-hybridized carbons (Fsp3) is 0.333.